The quantitative estimate of drug-likeness (QED) is 0.476. The topological polar surface area (TPSA) is 52.6 Å². The van der Waals surface area contributed by atoms with Crippen LogP contribution in [0.5, 0.6) is 0 Å². The molecule has 0 aliphatic heterocycles. The molecule has 0 aromatic rings. The van der Waals surface area contributed by atoms with Crippen molar-refractivity contribution in [2.45, 2.75) is 19.3 Å². The van der Waals surface area contributed by atoms with Crippen LogP contribution in [0.4, 0.5) is 0 Å². The molecule has 74 valence electrons. The number of carbonyl (C=O) groups excluding carboxylic acids is 2. The molecule has 0 aliphatic carbocycles. The van der Waals surface area contributed by atoms with Gasteiger partial charge in [-0.25, -0.2) is 0 Å². The Morgan fingerprint density at radius 2 is 1.62 bits per heavy atom. The van der Waals surface area contributed by atoms with Gasteiger partial charge in [-0.15, -0.1) is 0 Å². The van der Waals surface area contributed by atoms with Gasteiger partial charge >= 0.3 is 11.9 Å². The molecule has 0 aromatic heterocycles. The molecule has 0 aliphatic rings. The van der Waals surface area contributed by atoms with Gasteiger partial charge < -0.3 is 9.47 Å². The summed E-state index contributed by atoms with van der Waals surface area (Å²) in [6, 6.07) is 0. The second kappa shape index (κ2) is 6.22. The summed E-state index contributed by atoms with van der Waals surface area (Å²) in [6.45, 7) is 3.64. The molecule has 0 rings (SSSR count). The lowest BCUT2D eigenvalue weighted by Gasteiger charge is -2.02. The third-order valence-electron chi connectivity index (χ3n) is 1.53. The van der Waals surface area contributed by atoms with Crippen LogP contribution in [0.3, 0.4) is 0 Å². The highest BCUT2D eigenvalue weighted by atomic mass is 16.5. The van der Waals surface area contributed by atoms with E-state index >= 15 is 0 Å². The number of ether oxygens (including phenoxy) is 2. The molecule has 0 fully saturated rings. The monoisotopic (exact) mass is 186 g/mol. The van der Waals surface area contributed by atoms with Crippen molar-refractivity contribution in [1.29, 1.82) is 0 Å². The average Bonchev–Trinajstić information content (AvgIpc) is 2.13. The van der Waals surface area contributed by atoms with Crippen molar-refractivity contribution in [1.82, 2.24) is 0 Å². The first kappa shape index (κ1) is 11.7. The molecule has 0 heterocycles. The van der Waals surface area contributed by atoms with Crippen molar-refractivity contribution < 1.29 is 19.1 Å². The zero-order chi connectivity index (χ0) is 10.3. The van der Waals surface area contributed by atoms with Gasteiger partial charge in [0.1, 0.15) is 0 Å². The molecule has 0 atom stereocenters. The first-order valence-corrected chi connectivity index (χ1v) is 3.90. The Morgan fingerprint density at radius 1 is 1.08 bits per heavy atom. The standard InChI is InChI=1S/C9H14O4/c1-7(6-9(11)13-3)4-5-8(10)12-2/h1,4-6H2,2-3H3. The second-order valence-electron chi connectivity index (χ2n) is 2.58. The predicted octanol–water partition coefficient (Wildman–Crippen LogP) is 1.06. The van der Waals surface area contributed by atoms with Gasteiger partial charge in [-0.3, -0.25) is 9.59 Å². The van der Waals surface area contributed by atoms with Gasteiger partial charge in [0.15, 0.2) is 0 Å². The van der Waals surface area contributed by atoms with Gasteiger partial charge in [0.05, 0.1) is 20.6 Å². The Balaban J connectivity index is 3.63. The summed E-state index contributed by atoms with van der Waals surface area (Å²) in [7, 11) is 2.64. The van der Waals surface area contributed by atoms with E-state index in [1.165, 1.54) is 14.2 Å². The number of hydrogen-bond donors (Lipinski definition) is 0. The molecule has 0 unspecified atom stereocenters. The Labute approximate surface area is 77.5 Å². The van der Waals surface area contributed by atoms with Crippen LogP contribution in [0.15, 0.2) is 12.2 Å². The first-order valence-electron chi connectivity index (χ1n) is 3.90. The highest BCUT2D eigenvalue weighted by molar-refractivity contribution is 5.73. The lowest BCUT2D eigenvalue weighted by atomic mass is 10.1. The Kier molecular flexibility index (Phi) is 5.59. The highest BCUT2D eigenvalue weighted by Gasteiger charge is 2.06. The van der Waals surface area contributed by atoms with Crippen LogP contribution in [-0.4, -0.2) is 26.2 Å². The Morgan fingerprint density at radius 3 is 2.08 bits per heavy atom. The molecule has 0 radical (unpaired) electrons. The van der Waals surface area contributed by atoms with Crippen LogP contribution < -0.4 is 0 Å². The molecule has 13 heavy (non-hydrogen) atoms. The Hall–Kier alpha value is -1.32. The van der Waals surface area contributed by atoms with E-state index in [1.54, 1.807) is 0 Å². The molecule has 4 heteroatoms. The fourth-order valence-corrected chi connectivity index (χ4v) is 0.746. The summed E-state index contributed by atoms with van der Waals surface area (Å²) < 4.78 is 8.87. The van der Waals surface area contributed by atoms with E-state index in [0.29, 0.717) is 12.0 Å². The zero-order valence-electron chi connectivity index (χ0n) is 7.96. The van der Waals surface area contributed by atoms with Crippen molar-refractivity contribution in [3.05, 3.63) is 12.2 Å². The largest absolute Gasteiger partial charge is 0.469 e. The number of carbonyl (C=O) groups is 2. The minimum Gasteiger partial charge on any atom is -0.469 e. The van der Waals surface area contributed by atoms with Crippen molar-refractivity contribution in [2.75, 3.05) is 14.2 Å². The third kappa shape index (κ3) is 5.90. The minimum absolute atomic E-state index is 0.160. The van der Waals surface area contributed by atoms with Gasteiger partial charge in [0.25, 0.3) is 0 Å². The molecule has 0 amide bonds. The Bertz CT molecular complexity index is 208. The van der Waals surface area contributed by atoms with Gasteiger partial charge in [-0.1, -0.05) is 12.2 Å². The molecule has 0 saturated heterocycles. The summed E-state index contributed by atoms with van der Waals surface area (Å²) in [6.07, 6.45) is 0.877. The van der Waals surface area contributed by atoms with E-state index in [1.807, 2.05) is 0 Å². The van der Waals surface area contributed by atoms with Crippen LogP contribution in [0, 0.1) is 0 Å². The molecular weight excluding hydrogens is 172 g/mol. The van der Waals surface area contributed by atoms with Crippen LogP contribution in [0.2, 0.25) is 0 Å². The van der Waals surface area contributed by atoms with Crippen molar-refractivity contribution in [3.8, 4) is 0 Å². The summed E-state index contributed by atoms with van der Waals surface area (Å²) in [4.78, 5) is 21.4. The van der Waals surface area contributed by atoms with Crippen LogP contribution in [-0.2, 0) is 19.1 Å². The molecule has 0 spiro atoms. The van der Waals surface area contributed by atoms with E-state index in [2.05, 4.69) is 16.1 Å². The minimum atomic E-state index is -0.338. The number of esters is 2. The summed E-state index contributed by atoms with van der Waals surface area (Å²) in [5.41, 5.74) is 0.678. The zero-order valence-corrected chi connectivity index (χ0v) is 7.96. The maximum absolute atomic E-state index is 10.7. The predicted molar refractivity (Wildman–Crippen MR) is 47.0 cm³/mol. The molecular formula is C9H14O4. The van der Waals surface area contributed by atoms with Crippen LogP contribution in [0.1, 0.15) is 19.3 Å². The molecule has 0 saturated carbocycles. The summed E-state index contributed by atoms with van der Waals surface area (Å²) >= 11 is 0. The third-order valence-corrected chi connectivity index (χ3v) is 1.53. The van der Waals surface area contributed by atoms with E-state index in [4.69, 9.17) is 0 Å². The lowest BCUT2D eigenvalue weighted by Crippen LogP contribution is -2.04. The molecule has 0 aromatic carbocycles. The number of hydrogen-bond acceptors (Lipinski definition) is 4. The number of rotatable bonds is 5. The summed E-state index contributed by atoms with van der Waals surface area (Å²) in [5, 5.41) is 0. The van der Waals surface area contributed by atoms with Crippen LogP contribution in [0.25, 0.3) is 0 Å². The molecule has 0 N–H and O–H groups in total. The lowest BCUT2D eigenvalue weighted by molar-refractivity contribution is -0.141. The highest BCUT2D eigenvalue weighted by Crippen LogP contribution is 2.08. The smallest absolute Gasteiger partial charge is 0.309 e. The molecule has 4 nitrogen and oxygen atoms in total. The SMILES string of the molecule is C=C(CCC(=O)OC)CC(=O)OC. The normalized spacial score (nSPS) is 9.08. The molecule has 0 bridgehead atoms. The van der Waals surface area contributed by atoms with Gasteiger partial charge in [0, 0.05) is 6.42 Å². The fraction of sp³-hybridized carbons (Fsp3) is 0.556. The average molecular weight is 186 g/mol. The van der Waals surface area contributed by atoms with Gasteiger partial charge in [0.2, 0.25) is 0 Å². The maximum atomic E-state index is 10.7. The van der Waals surface area contributed by atoms with E-state index < -0.39 is 0 Å². The van der Waals surface area contributed by atoms with Crippen molar-refractivity contribution in [2.24, 2.45) is 0 Å². The second-order valence-corrected chi connectivity index (χ2v) is 2.58. The van der Waals surface area contributed by atoms with Gasteiger partial charge in [-0.05, 0) is 6.42 Å². The van der Waals surface area contributed by atoms with Gasteiger partial charge in [-0.2, -0.15) is 0 Å². The summed E-state index contributed by atoms with van der Waals surface area (Å²) in [5.74, 6) is -0.638. The fourth-order valence-electron chi connectivity index (χ4n) is 0.746. The van der Waals surface area contributed by atoms with Crippen molar-refractivity contribution >= 4 is 11.9 Å². The maximum Gasteiger partial charge on any atom is 0.309 e. The van der Waals surface area contributed by atoms with E-state index in [9.17, 15) is 9.59 Å². The van der Waals surface area contributed by atoms with E-state index in [0.717, 1.165) is 0 Å². The number of methoxy groups -OCH3 is 2. The van der Waals surface area contributed by atoms with Crippen molar-refractivity contribution in [3.63, 3.8) is 0 Å². The van der Waals surface area contributed by atoms with E-state index in [-0.39, 0.29) is 24.8 Å². The first-order chi connectivity index (χ1) is 6.10. The van der Waals surface area contributed by atoms with Crippen LogP contribution >= 0.6 is 0 Å².